The van der Waals surface area contributed by atoms with Crippen molar-refractivity contribution in [3.8, 4) is 5.75 Å². The van der Waals surface area contributed by atoms with Crippen molar-refractivity contribution >= 4 is 27.5 Å². The number of aliphatic hydroxyl groups excluding tert-OH is 1. The fourth-order valence-electron chi connectivity index (χ4n) is 4.75. The van der Waals surface area contributed by atoms with Crippen molar-refractivity contribution in [2.24, 2.45) is 5.92 Å². The van der Waals surface area contributed by atoms with Crippen LogP contribution >= 0.6 is 0 Å². The second kappa shape index (κ2) is 14.3. The maximum absolute atomic E-state index is 13.4. The monoisotopic (exact) mass is 588 g/mol. The molecular weight excluding hydrogens is 544 g/mol. The molecule has 0 bridgehead atoms. The van der Waals surface area contributed by atoms with Crippen LogP contribution in [0.1, 0.15) is 37.8 Å². The molecule has 10 nitrogen and oxygen atoms in total. The molecule has 2 amide bonds. The first-order valence-corrected chi connectivity index (χ1v) is 15.4. The van der Waals surface area contributed by atoms with E-state index in [4.69, 9.17) is 4.74 Å². The molecule has 3 atom stereocenters. The van der Waals surface area contributed by atoms with Gasteiger partial charge in [-0.05, 0) is 71.2 Å². The van der Waals surface area contributed by atoms with E-state index in [1.54, 1.807) is 54.3 Å². The minimum Gasteiger partial charge on any atom is -0.488 e. The van der Waals surface area contributed by atoms with Crippen LogP contribution in [-0.4, -0.2) is 99.0 Å². The topological polar surface area (TPSA) is 119 Å². The predicted octanol–water partition coefficient (Wildman–Crippen LogP) is 2.75. The van der Waals surface area contributed by atoms with E-state index in [1.807, 2.05) is 32.8 Å². The zero-order chi connectivity index (χ0) is 30.3. The molecule has 3 rings (SSSR count). The van der Waals surface area contributed by atoms with Crippen molar-refractivity contribution in [1.82, 2.24) is 14.1 Å². The maximum Gasteiger partial charge on any atom is 0.242 e. The van der Waals surface area contributed by atoms with Gasteiger partial charge in [-0.15, -0.1) is 0 Å². The summed E-state index contributed by atoms with van der Waals surface area (Å²) in [6.07, 6.45) is 0.511. The number of amides is 2. The Balaban J connectivity index is 1.90. The molecule has 0 spiro atoms. The fraction of sp³-hybridized carbons (Fsp3) is 0.533. The predicted molar refractivity (Wildman–Crippen MR) is 159 cm³/mol. The Kier molecular flexibility index (Phi) is 11.3. The van der Waals surface area contributed by atoms with Gasteiger partial charge in [-0.25, -0.2) is 8.42 Å². The number of hydrogen-bond donors (Lipinski definition) is 2. The number of anilines is 1. The summed E-state index contributed by atoms with van der Waals surface area (Å²) >= 11 is 0. The van der Waals surface area contributed by atoms with Crippen LogP contribution < -0.4 is 10.1 Å². The molecule has 2 aromatic carbocycles. The van der Waals surface area contributed by atoms with E-state index in [0.717, 1.165) is 18.5 Å². The number of nitrogens with one attached hydrogen (secondary N) is 1. The van der Waals surface area contributed by atoms with Crippen LogP contribution in [0.2, 0.25) is 0 Å². The smallest absolute Gasteiger partial charge is 0.242 e. The van der Waals surface area contributed by atoms with Gasteiger partial charge in [-0.2, -0.15) is 4.31 Å². The Morgan fingerprint density at radius 2 is 1.85 bits per heavy atom. The van der Waals surface area contributed by atoms with Crippen LogP contribution in [0.15, 0.2) is 47.4 Å². The molecule has 1 aliphatic heterocycles. The average molecular weight is 589 g/mol. The van der Waals surface area contributed by atoms with Gasteiger partial charge in [0, 0.05) is 37.2 Å². The number of aryl methyl sites for hydroxylation is 1. The highest BCUT2D eigenvalue weighted by Gasteiger charge is 2.33. The molecule has 1 heterocycles. The van der Waals surface area contributed by atoms with Gasteiger partial charge in [-0.3, -0.25) is 9.59 Å². The summed E-state index contributed by atoms with van der Waals surface area (Å²) in [7, 11) is 1.65. The van der Waals surface area contributed by atoms with Gasteiger partial charge in [-0.1, -0.05) is 24.6 Å². The standard InChI is InChI=1S/C30H44N4O6S/c1-21-9-12-26(13-10-21)41(38,39)33(6)19-28-22(2)18-34(23(3)20-35)30(37)17-24-16-25(11-14-27(24)40-28)31-29(36)8-7-15-32(4)5/h9-14,16,22-23,28,35H,7-8,15,17-20H2,1-6H3,(H,31,36)/t22-,23+,28-/m1/s1. The van der Waals surface area contributed by atoms with Crippen LogP contribution in [0, 0.1) is 12.8 Å². The SMILES string of the molecule is Cc1ccc(S(=O)(=O)N(C)C[C@H]2Oc3ccc(NC(=O)CCCN(C)C)cc3CC(=O)N([C@@H](C)CO)C[C@H]2C)cc1. The molecule has 11 heteroatoms. The first-order valence-electron chi connectivity index (χ1n) is 14.0. The van der Waals surface area contributed by atoms with Crippen LogP contribution in [0.3, 0.4) is 0 Å². The number of aliphatic hydroxyl groups is 1. The van der Waals surface area contributed by atoms with Gasteiger partial charge in [0.1, 0.15) is 11.9 Å². The quantitative estimate of drug-likeness (QED) is 0.414. The number of likely N-dealkylation sites (N-methyl/N-ethyl adjacent to an activating group) is 1. The van der Waals surface area contributed by atoms with E-state index in [2.05, 4.69) is 5.32 Å². The number of ether oxygens (including phenoxy) is 1. The number of fused-ring (bicyclic) bond motifs is 1. The third kappa shape index (κ3) is 8.75. The Morgan fingerprint density at radius 3 is 2.49 bits per heavy atom. The highest BCUT2D eigenvalue weighted by Crippen LogP contribution is 2.30. The lowest BCUT2D eigenvalue weighted by Crippen LogP contribution is -2.48. The molecule has 0 fully saturated rings. The molecule has 2 aromatic rings. The minimum atomic E-state index is -3.78. The van der Waals surface area contributed by atoms with Crippen LogP contribution in [-0.2, 0) is 26.0 Å². The molecule has 226 valence electrons. The Hall–Kier alpha value is -2.99. The zero-order valence-corrected chi connectivity index (χ0v) is 25.8. The molecule has 0 aliphatic carbocycles. The summed E-state index contributed by atoms with van der Waals surface area (Å²) in [6.45, 7) is 6.51. The van der Waals surface area contributed by atoms with Crippen LogP contribution in [0.4, 0.5) is 5.69 Å². The first kappa shape index (κ1) is 32.5. The largest absolute Gasteiger partial charge is 0.488 e. The summed E-state index contributed by atoms with van der Waals surface area (Å²) in [6, 6.07) is 11.4. The molecule has 2 N–H and O–H groups in total. The van der Waals surface area contributed by atoms with E-state index in [1.165, 1.54) is 11.4 Å². The molecule has 41 heavy (non-hydrogen) atoms. The molecule has 0 saturated heterocycles. The van der Waals surface area contributed by atoms with Crippen molar-refractivity contribution in [3.05, 3.63) is 53.6 Å². The van der Waals surface area contributed by atoms with Crippen molar-refractivity contribution in [1.29, 1.82) is 0 Å². The van der Waals surface area contributed by atoms with Crippen molar-refractivity contribution in [3.63, 3.8) is 0 Å². The molecule has 0 radical (unpaired) electrons. The van der Waals surface area contributed by atoms with E-state index in [0.29, 0.717) is 23.4 Å². The van der Waals surface area contributed by atoms with Crippen LogP contribution in [0.25, 0.3) is 0 Å². The molecule has 1 aliphatic rings. The third-order valence-corrected chi connectivity index (χ3v) is 9.21. The number of nitrogens with zero attached hydrogens (tertiary/aromatic N) is 3. The van der Waals surface area contributed by atoms with Crippen molar-refractivity contribution < 1.29 is 27.9 Å². The molecule has 0 unspecified atom stereocenters. The highest BCUT2D eigenvalue weighted by atomic mass is 32.2. The van der Waals surface area contributed by atoms with E-state index < -0.39 is 22.2 Å². The summed E-state index contributed by atoms with van der Waals surface area (Å²) in [5.41, 5.74) is 2.10. The number of sulfonamides is 1. The summed E-state index contributed by atoms with van der Waals surface area (Å²) < 4.78 is 34.4. The number of rotatable bonds is 11. The van der Waals surface area contributed by atoms with Crippen LogP contribution in [0.5, 0.6) is 5.75 Å². The van der Waals surface area contributed by atoms with E-state index in [-0.39, 0.29) is 48.7 Å². The summed E-state index contributed by atoms with van der Waals surface area (Å²) in [5.74, 6) is -0.0999. The van der Waals surface area contributed by atoms with Gasteiger partial charge in [0.15, 0.2) is 0 Å². The second-order valence-corrected chi connectivity index (χ2v) is 13.3. The van der Waals surface area contributed by atoms with Gasteiger partial charge >= 0.3 is 0 Å². The van der Waals surface area contributed by atoms with E-state index >= 15 is 0 Å². The Morgan fingerprint density at radius 1 is 1.17 bits per heavy atom. The van der Waals surface area contributed by atoms with Gasteiger partial charge < -0.3 is 25.0 Å². The lowest BCUT2D eigenvalue weighted by atomic mass is 10.0. The average Bonchev–Trinajstić information content (AvgIpc) is 2.95. The Labute approximate surface area is 244 Å². The maximum atomic E-state index is 13.4. The normalized spacial score (nSPS) is 18.8. The summed E-state index contributed by atoms with van der Waals surface area (Å²) in [5, 5.41) is 12.8. The fourth-order valence-corrected chi connectivity index (χ4v) is 5.93. The van der Waals surface area contributed by atoms with Crippen molar-refractivity contribution in [2.45, 2.75) is 57.1 Å². The summed E-state index contributed by atoms with van der Waals surface area (Å²) in [4.78, 5) is 29.8. The van der Waals surface area contributed by atoms with Crippen molar-refractivity contribution in [2.75, 3.05) is 52.7 Å². The van der Waals surface area contributed by atoms with Gasteiger partial charge in [0.25, 0.3) is 0 Å². The molecule has 0 saturated carbocycles. The number of benzene rings is 2. The lowest BCUT2D eigenvalue weighted by Gasteiger charge is -2.33. The second-order valence-electron chi connectivity index (χ2n) is 11.3. The highest BCUT2D eigenvalue weighted by molar-refractivity contribution is 7.89. The zero-order valence-electron chi connectivity index (χ0n) is 25.0. The number of carbonyl (C=O) groups is 2. The molecular formula is C30H44N4O6S. The lowest BCUT2D eigenvalue weighted by molar-refractivity contribution is -0.134. The number of hydrogen-bond acceptors (Lipinski definition) is 7. The molecule has 0 aromatic heterocycles. The van der Waals surface area contributed by atoms with E-state index in [9.17, 15) is 23.1 Å². The Bertz CT molecular complexity index is 1300. The third-order valence-electron chi connectivity index (χ3n) is 7.38. The number of carbonyl (C=O) groups excluding carboxylic acids is 2. The van der Waals surface area contributed by atoms with Gasteiger partial charge in [0.05, 0.1) is 30.5 Å². The van der Waals surface area contributed by atoms with Gasteiger partial charge in [0.2, 0.25) is 21.8 Å². The minimum absolute atomic E-state index is 0.0148. The first-order chi connectivity index (χ1) is 19.3.